The molecule has 2 rings (SSSR count). The molecule has 1 aliphatic carbocycles. The first-order valence-corrected chi connectivity index (χ1v) is 4.90. The van der Waals surface area contributed by atoms with E-state index in [1.165, 1.54) is 19.4 Å². The first kappa shape index (κ1) is 7.60. The molecule has 11 heavy (non-hydrogen) atoms. The Morgan fingerprint density at radius 3 is 2.64 bits per heavy atom. The Morgan fingerprint density at radius 1 is 1.27 bits per heavy atom. The molecule has 0 aromatic heterocycles. The van der Waals surface area contributed by atoms with E-state index in [0.717, 1.165) is 23.8 Å². The Bertz CT molecular complexity index is 153. The molecular weight excluding hydrogens is 134 g/mol. The van der Waals surface area contributed by atoms with Gasteiger partial charge in [0.2, 0.25) is 0 Å². The van der Waals surface area contributed by atoms with Crippen molar-refractivity contribution in [2.45, 2.75) is 32.7 Å². The van der Waals surface area contributed by atoms with E-state index < -0.39 is 0 Å². The van der Waals surface area contributed by atoms with Crippen molar-refractivity contribution in [2.24, 2.45) is 17.8 Å². The Balaban J connectivity index is 2.13. The van der Waals surface area contributed by atoms with Crippen molar-refractivity contribution in [3.63, 3.8) is 0 Å². The summed E-state index contributed by atoms with van der Waals surface area (Å²) in [4.78, 5) is 2.57. The van der Waals surface area contributed by atoms with Gasteiger partial charge in [0.1, 0.15) is 0 Å². The lowest BCUT2D eigenvalue weighted by atomic mass is 9.97. The molecule has 0 amide bonds. The molecule has 0 aromatic rings. The highest BCUT2D eigenvalue weighted by Crippen LogP contribution is 2.43. The molecule has 1 saturated carbocycles. The van der Waals surface area contributed by atoms with Crippen LogP contribution >= 0.6 is 0 Å². The van der Waals surface area contributed by atoms with Gasteiger partial charge >= 0.3 is 0 Å². The van der Waals surface area contributed by atoms with E-state index in [1.54, 1.807) is 0 Å². The Kier molecular flexibility index (Phi) is 1.71. The Hall–Kier alpha value is -0.0400. The van der Waals surface area contributed by atoms with E-state index in [2.05, 4.69) is 25.8 Å². The predicted octanol–water partition coefficient (Wildman–Crippen LogP) is 1.98. The van der Waals surface area contributed by atoms with E-state index in [0.29, 0.717) is 0 Å². The SMILES string of the molecule is CC1CC2CCN(C)C2C1C. The molecule has 0 bridgehead atoms. The summed E-state index contributed by atoms with van der Waals surface area (Å²) < 4.78 is 0. The van der Waals surface area contributed by atoms with Crippen molar-refractivity contribution in [2.75, 3.05) is 13.6 Å². The largest absolute Gasteiger partial charge is 0.303 e. The fourth-order valence-electron chi connectivity index (χ4n) is 3.17. The van der Waals surface area contributed by atoms with Crippen LogP contribution in [0.4, 0.5) is 0 Å². The summed E-state index contributed by atoms with van der Waals surface area (Å²) in [6.07, 6.45) is 2.94. The molecule has 1 heterocycles. The summed E-state index contributed by atoms with van der Waals surface area (Å²) in [6.45, 7) is 6.18. The second kappa shape index (κ2) is 2.48. The van der Waals surface area contributed by atoms with Crippen LogP contribution in [0, 0.1) is 17.8 Å². The predicted molar refractivity (Wildman–Crippen MR) is 47.5 cm³/mol. The fraction of sp³-hybridized carbons (Fsp3) is 1.00. The fourth-order valence-corrected chi connectivity index (χ4v) is 3.17. The van der Waals surface area contributed by atoms with Crippen LogP contribution in [-0.2, 0) is 0 Å². The first-order valence-electron chi connectivity index (χ1n) is 4.90. The van der Waals surface area contributed by atoms with Crippen molar-refractivity contribution in [3.05, 3.63) is 0 Å². The highest BCUT2D eigenvalue weighted by Gasteiger charge is 2.43. The second-order valence-electron chi connectivity index (χ2n) is 4.59. The molecule has 0 radical (unpaired) electrons. The minimum Gasteiger partial charge on any atom is -0.303 e. The van der Waals surface area contributed by atoms with Gasteiger partial charge < -0.3 is 4.90 Å². The molecule has 0 spiro atoms. The third kappa shape index (κ3) is 1.01. The number of hydrogen-bond donors (Lipinski definition) is 0. The molecule has 1 nitrogen and oxygen atoms in total. The minimum atomic E-state index is 0.921. The van der Waals surface area contributed by atoms with Crippen LogP contribution in [0.3, 0.4) is 0 Å². The van der Waals surface area contributed by atoms with Crippen LogP contribution in [0.1, 0.15) is 26.7 Å². The maximum atomic E-state index is 2.57. The summed E-state index contributed by atoms with van der Waals surface area (Å²) in [5.41, 5.74) is 0. The number of nitrogens with zero attached hydrogens (tertiary/aromatic N) is 1. The number of likely N-dealkylation sites (tertiary alicyclic amines) is 1. The van der Waals surface area contributed by atoms with Gasteiger partial charge in [-0.05, 0) is 44.2 Å². The molecule has 4 atom stereocenters. The van der Waals surface area contributed by atoms with Crippen LogP contribution in [0.15, 0.2) is 0 Å². The molecule has 0 N–H and O–H groups in total. The average molecular weight is 153 g/mol. The van der Waals surface area contributed by atoms with Gasteiger partial charge in [0, 0.05) is 6.04 Å². The molecule has 2 fully saturated rings. The third-order valence-electron chi connectivity index (χ3n) is 3.96. The normalized spacial score (nSPS) is 51.5. The van der Waals surface area contributed by atoms with Crippen LogP contribution in [0.2, 0.25) is 0 Å². The van der Waals surface area contributed by atoms with E-state index in [9.17, 15) is 0 Å². The van der Waals surface area contributed by atoms with Gasteiger partial charge in [0.25, 0.3) is 0 Å². The molecule has 1 aliphatic heterocycles. The van der Waals surface area contributed by atoms with Gasteiger partial charge in [-0.15, -0.1) is 0 Å². The second-order valence-corrected chi connectivity index (χ2v) is 4.59. The monoisotopic (exact) mass is 153 g/mol. The first-order chi connectivity index (χ1) is 5.20. The van der Waals surface area contributed by atoms with E-state index >= 15 is 0 Å². The maximum absolute atomic E-state index is 2.57. The van der Waals surface area contributed by atoms with Crippen molar-refractivity contribution < 1.29 is 0 Å². The lowest BCUT2D eigenvalue weighted by Crippen LogP contribution is -2.31. The van der Waals surface area contributed by atoms with Crippen molar-refractivity contribution in [3.8, 4) is 0 Å². The molecule has 1 saturated heterocycles. The third-order valence-corrected chi connectivity index (χ3v) is 3.96. The summed E-state index contributed by atoms with van der Waals surface area (Å²) in [6, 6.07) is 0.921. The summed E-state index contributed by atoms with van der Waals surface area (Å²) in [5, 5.41) is 0. The number of fused-ring (bicyclic) bond motifs is 1. The standard InChI is InChI=1S/C10H19N/c1-7-6-9-4-5-11(3)10(9)8(7)2/h7-10H,4-6H2,1-3H3. The molecular formula is C10H19N. The lowest BCUT2D eigenvalue weighted by molar-refractivity contribution is 0.227. The lowest BCUT2D eigenvalue weighted by Gasteiger charge is -2.24. The van der Waals surface area contributed by atoms with Crippen molar-refractivity contribution in [1.82, 2.24) is 4.90 Å². The van der Waals surface area contributed by atoms with Gasteiger partial charge in [0.05, 0.1) is 0 Å². The van der Waals surface area contributed by atoms with E-state index in [4.69, 9.17) is 0 Å². The Labute approximate surface area is 69.8 Å². The van der Waals surface area contributed by atoms with E-state index in [-0.39, 0.29) is 0 Å². The van der Waals surface area contributed by atoms with Crippen LogP contribution < -0.4 is 0 Å². The van der Waals surface area contributed by atoms with Gasteiger partial charge in [-0.3, -0.25) is 0 Å². The molecule has 0 aromatic carbocycles. The summed E-state index contributed by atoms with van der Waals surface area (Å²) in [5.74, 6) is 2.94. The van der Waals surface area contributed by atoms with Gasteiger partial charge in [-0.2, -0.15) is 0 Å². The zero-order valence-corrected chi connectivity index (χ0v) is 7.88. The minimum absolute atomic E-state index is 0.921. The zero-order valence-electron chi connectivity index (χ0n) is 7.88. The number of rotatable bonds is 0. The van der Waals surface area contributed by atoms with Crippen LogP contribution in [-0.4, -0.2) is 24.5 Å². The van der Waals surface area contributed by atoms with Crippen molar-refractivity contribution in [1.29, 1.82) is 0 Å². The van der Waals surface area contributed by atoms with Crippen LogP contribution in [0.25, 0.3) is 0 Å². The average Bonchev–Trinajstić information content (AvgIpc) is 2.41. The topological polar surface area (TPSA) is 3.24 Å². The van der Waals surface area contributed by atoms with Gasteiger partial charge in [-0.25, -0.2) is 0 Å². The smallest absolute Gasteiger partial charge is 0.0149 e. The van der Waals surface area contributed by atoms with Crippen LogP contribution in [0.5, 0.6) is 0 Å². The highest BCUT2D eigenvalue weighted by atomic mass is 15.2. The summed E-state index contributed by atoms with van der Waals surface area (Å²) >= 11 is 0. The molecule has 4 unspecified atom stereocenters. The maximum Gasteiger partial charge on any atom is 0.0149 e. The quantitative estimate of drug-likeness (QED) is 0.514. The van der Waals surface area contributed by atoms with Crippen molar-refractivity contribution >= 4 is 0 Å². The van der Waals surface area contributed by atoms with E-state index in [1.807, 2.05) is 0 Å². The number of hydrogen-bond acceptors (Lipinski definition) is 1. The zero-order chi connectivity index (χ0) is 8.01. The Morgan fingerprint density at radius 2 is 2.00 bits per heavy atom. The summed E-state index contributed by atoms with van der Waals surface area (Å²) in [7, 11) is 2.29. The highest BCUT2D eigenvalue weighted by molar-refractivity contribution is 4.96. The van der Waals surface area contributed by atoms with Gasteiger partial charge in [0.15, 0.2) is 0 Å². The molecule has 64 valence electrons. The molecule has 1 heteroatoms. The van der Waals surface area contributed by atoms with Gasteiger partial charge in [-0.1, -0.05) is 13.8 Å². The molecule has 2 aliphatic rings.